The number of rotatable bonds is 8. The van der Waals surface area contributed by atoms with Gasteiger partial charge in [-0.2, -0.15) is 0 Å². The highest BCUT2D eigenvalue weighted by Crippen LogP contribution is 2.26. The van der Waals surface area contributed by atoms with Gasteiger partial charge in [0.15, 0.2) is 0 Å². The van der Waals surface area contributed by atoms with E-state index in [-0.39, 0.29) is 12.3 Å². The molecule has 0 bridgehead atoms. The van der Waals surface area contributed by atoms with Crippen LogP contribution in [0.2, 0.25) is 0 Å². The number of primary amides is 1. The van der Waals surface area contributed by atoms with Crippen molar-refractivity contribution in [1.82, 2.24) is 15.2 Å². The van der Waals surface area contributed by atoms with E-state index in [2.05, 4.69) is 10.3 Å². The molecule has 0 aliphatic carbocycles. The molecule has 3 amide bonds. The van der Waals surface area contributed by atoms with Gasteiger partial charge in [0.05, 0.1) is 12.5 Å². The van der Waals surface area contributed by atoms with Crippen LogP contribution in [0.4, 0.5) is 4.79 Å². The van der Waals surface area contributed by atoms with Gasteiger partial charge in [0.2, 0.25) is 5.91 Å². The summed E-state index contributed by atoms with van der Waals surface area (Å²) in [6, 6.07) is 19.1. The summed E-state index contributed by atoms with van der Waals surface area (Å²) in [4.78, 5) is 30.0. The van der Waals surface area contributed by atoms with Gasteiger partial charge in [-0.25, -0.2) is 4.79 Å². The number of hydrogen-bond donors (Lipinski definition) is 2. The molecule has 0 fully saturated rings. The number of hydrogen-bond acceptors (Lipinski definition) is 4. The number of para-hydroxylation sites is 1. The molecule has 7 nitrogen and oxygen atoms in total. The Morgan fingerprint density at radius 1 is 1.07 bits per heavy atom. The van der Waals surface area contributed by atoms with Crippen LogP contribution in [0.15, 0.2) is 79.1 Å². The Morgan fingerprint density at radius 3 is 2.53 bits per heavy atom. The van der Waals surface area contributed by atoms with Gasteiger partial charge in [-0.1, -0.05) is 36.4 Å². The topological polar surface area (TPSA) is 97.5 Å². The number of carbonyl (C=O) groups is 2. The average Bonchev–Trinajstić information content (AvgIpc) is 2.74. The largest absolute Gasteiger partial charge is 0.457 e. The molecule has 3 N–H and O–H groups in total. The minimum atomic E-state index is -0.697. The summed E-state index contributed by atoms with van der Waals surface area (Å²) in [5, 5.41) is 2.66. The highest BCUT2D eigenvalue weighted by molar-refractivity contribution is 5.78. The lowest BCUT2D eigenvalue weighted by atomic mass is 10.0. The molecule has 3 rings (SSSR count). The molecule has 0 saturated carbocycles. The minimum Gasteiger partial charge on any atom is -0.457 e. The van der Waals surface area contributed by atoms with Crippen molar-refractivity contribution in [2.24, 2.45) is 5.73 Å². The maximum absolute atomic E-state index is 12.8. The van der Waals surface area contributed by atoms with Crippen molar-refractivity contribution in [3.63, 3.8) is 0 Å². The fourth-order valence-electron chi connectivity index (χ4n) is 3.03. The molecular formula is C23H24N4O3. The number of urea groups is 1. The first kappa shape index (κ1) is 20.9. The van der Waals surface area contributed by atoms with Crippen LogP contribution in [-0.2, 0) is 11.3 Å². The molecule has 0 spiro atoms. The maximum atomic E-state index is 12.8. The van der Waals surface area contributed by atoms with Gasteiger partial charge < -0.3 is 20.7 Å². The fourth-order valence-corrected chi connectivity index (χ4v) is 3.03. The molecule has 0 saturated heterocycles. The Bertz CT molecular complexity index is 980. The van der Waals surface area contributed by atoms with E-state index in [9.17, 15) is 9.59 Å². The van der Waals surface area contributed by atoms with E-state index in [0.717, 1.165) is 11.1 Å². The predicted molar refractivity (Wildman–Crippen MR) is 114 cm³/mol. The van der Waals surface area contributed by atoms with Crippen LogP contribution in [0, 0.1) is 0 Å². The van der Waals surface area contributed by atoms with Crippen molar-refractivity contribution in [1.29, 1.82) is 0 Å². The molecular weight excluding hydrogens is 380 g/mol. The highest BCUT2D eigenvalue weighted by Gasteiger charge is 2.20. The molecule has 1 aromatic heterocycles. The highest BCUT2D eigenvalue weighted by atomic mass is 16.5. The van der Waals surface area contributed by atoms with Crippen LogP contribution in [-0.4, -0.2) is 28.9 Å². The first-order valence-electron chi connectivity index (χ1n) is 9.53. The number of carbonyl (C=O) groups excluding carboxylic acids is 2. The Morgan fingerprint density at radius 2 is 1.83 bits per heavy atom. The van der Waals surface area contributed by atoms with Crippen LogP contribution in [0.25, 0.3) is 0 Å². The molecule has 154 valence electrons. The quantitative estimate of drug-likeness (QED) is 0.599. The van der Waals surface area contributed by atoms with E-state index < -0.39 is 12.1 Å². The number of aromatic nitrogens is 1. The van der Waals surface area contributed by atoms with Crippen molar-refractivity contribution < 1.29 is 14.3 Å². The molecule has 0 aliphatic heterocycles. The van der Waals surface area contributed by atoms with Crippen LogP contribution >= 0.6 is 0 Å². The summed E-state index contributed by atoms with van der Waals surface area (Å²) < 4.78 is 5.86. The zero-order chi connectivity index (χ0) is 21.3. The number of ether oxygens (including phenoxy) is 1. The average molecular weight is 404 g/mol. The van der Waals surface area contributed by atoms with E-state index in [0.29, 0.717) is 18.0 Å². The molecule has 30 heavy (non-hydrogen) atoms. The minimum absolute atomic E-state index is 0.0640. The van der Waals surface area contributed by atoms with Crippen LogP contribution < -0.4 is 15.8 Å². The van der Waals surface area contributed by atoms with Crippen LogP contribution in [0.3, 0.4) is 0 Å². The van der Waals surface area contributed by atoms with E-state index >= 15 is 0 Å². The normalized spacial score (nSPS) is 11.4. The third-order valence-electron chi connectivity index (χ3n) is 4.50. The monoisotopic (exact) mass is 404 g/mol. The molecule has 7 heteroatoms. The van der Waals surface area contributed by atoms with Crippen LogP contribution in [0.5, 0.6) is 11.5 Å². The van der Waals surface area contributed by atoms with E-state index in [1.54, 1.807) is 30.4 Å². The van der Waals surface area contributed by atoms with E-state index in [4.69, 9.17) is 10.5 Å². The van der Waals surface area contributed by atoms with E-state index in [1.165, 1.54) is 0 Å². The molecule has 3 aromatic rings. The van der Waals surface area contributed by atoms with Gasteiger partial charge in [0.1, 0.15) is 11.5 Å². The molecule has 0 aliphatic rings. The second kappa shape index (κ2) is 10.1. The third kappa shape index (κ3) is 6.07. The van der Waals surface area contributed by atoms with Crippen molar-refractivity contribution >= 4 is 11.9 Å². The number of pyridine rings is 1. The Labute approximate surface area is 175 Å². The molecule has 1 unspecified atom stereocenters. The van der Waals surface area contributed by atoms with Crippen LogP contribution in [0.1, 0.15) is 23.6 Å². The zero-order valence-corrected chi connectivity index (χ0v) is 16.7. The molecule has 1 atom stereocenters. The summed E-state index contributed by atoms with van der Waals surface area (Å²) >= 11 is 0. The number of nitrogens with two attached hydrogens (primary N) is 1. The first-order valence-corrected chi connectivity index (χ1v) is 9.53. The van der Waals surface area contributed by atoms with Crippen molar-refractivity contribution in [2.45, 2.75) is 19.0 Å². The number of nitrogens with one attached hydrogen (secondary N) is 1. The fraction of sp³-hybridized carbons (Fsp3) is 0.174. The summed E-state index contributed by atoms with van der Waals surface area (Å²) in [5.41, 5.74) is 7.00. The van der Waals surface area contributed by atoms with Crippen molar-refractivity contribution in [3.8, 4) is 11.5 Å². The van der Waals surface area contributed by atoms with E-state index in [1.807, 2.05) is 60.7 Å². The summed E-state index contributed by atoms with van der Waals surface area (Å²) in [6.07, 6.45) is 3.46. The van der Waals surface area contributed by atoms with Crippen molar-refractivity contribution in [3.05, 3.63) is 90.3 Å². The lowest BCUT2D eigenvalue weighted by molar-refractivity contribution is -0.130. The zero-order valence-electron chi connectivity index (χ0n) is 16.7. The Hall–Kier alpha value is -3.87. The maximum Gasteiger partial charge on any atom is 0.312 e. The summed E-state index contributed by atoms with van der Waals surface area (Å²) in [7, 11) is 1.71. The number of nitrogens with zero attached hydrogens (tertiary/aromatic N) is 2. The van der Waals surface area contributed by atoms with Gasteiger partial charge in [0.25, 0.3) is 0 Å². The first-order chi connectivity index (χ1) is 14.5. The predicted octanol–water partition coefficient (Wildman–Crippen LogP) is 3.63. The second-order valence-electron chi connectivity index (χ2n) is 6.86. The number of benzene rings is 2. The van der Waals surface area contributed by atoms with Gasteiger partial charge in [-0.05, 0) is 41.5 Å². The Kier molecular flexibility index (Phi) is 7.00. The van der Waals surface area contributed by atoms with Gasteiger partial charge in [0, 0.05) is 26.0 Å². The van der Waals surface area contributed by atoms with Gasteiger partial charge >= 0.3 is 6.03 Å². The smallest absolute Gasteiger partial charge is 0.312 e. The van der Waals surface area contributed by atoms with Gasteiger partial charge in [-0.15, -0.1) is 0 Å². The molecule has 2 aromatic carbocycles. The van der Waals surface area contributed by atoms with Gasteiger partial charge in [-0.3, -0.25) is 9.78 Å². The number of amides is 3. The summed E-state index contributed by atoms with van der Waals surface area (Å²) in [5.74, 6) is 1.17. The molecule has 0 radical (unpaired) electrons. The standard InChI is InChI=1S/C23H24N4O3/c1-27(16-17-7-6-12-25-15-17)22(28)14-21(26-23(24)29)18-8-5-11-20(13-18)30-19-9-3-2-4-10-19/h2-13,15,21H,14,16H2,1H3,(H3,24,26,29). The molecule has 1 heterocycles. The SMILES string of the molecule is CN(Cc1cccnc1)C(=O)CC(NC(N)=O)c1cccc(Oc2ccccc2)c1. The lowest BCUT2D eigenvalue weighted by Gasteiger charge is -2.23. The lowest BCUT2D eigenvalue weighted by Crippen LogP contribution is -2.37. The van der Waals surface area contributed by atoms with Crippen molar-refractivity contribution in [2.75, 3.05) is 7.05 Å². The summed E-state index contributed by atoms with van der Waals surface area (Å²) in [6.45, 7) is 0.424. The Balaban J connectivity index is 1.73. The third-order valence-corrected chi connectivity index (χ3v) is 4.50. The second-order valence-corrected chi connectivity index (χ2v) is 6.86.